The smallest absolute Gasteiger partial charge is 0.411 e. The molecule has 126 valence electrons. The molecule has 0 aliphatic heterocycles. The Morgan fingerprint density at radius 2 is 1.83 bits per heavy atom. The van der Waals surface area contributed by atoms with Crippen molar-refractivity contribution in [3.05, 3.63) is 29.8 Å². The molecule has 8 heteroatoms. The Hall–Kier alpha value is -2.61. The second-order valence-electron chi connectivity index (χ2n) is 4.50. The fourth-order valence-electron chi connectivity index (χ4n) is 1.92. The quantitative estimate of drug-likeness (QED) is 0.596. The molecule has 1 rings (SSSR count). The lowest BCUT2D eigenvalue weighted by Gasteiger charge is -2.27. The van der Waals surface area contributed by atoms with Crippen LogP contribution in [0, 0.1) is 0 Å². The van der Waals surface area contributed by atoms with Crippen LogP contribution in [0.4, 0.5) is 10.5 Å². The van der Waals surface area contributed by atoms with Crippen molar-refractivity contribution >= 4 is 23.7 Å². The maximum Gasteiger partial charge on any atom is 0.411 e. The minimum atomic E-state index is -2.30. The molecule has 0 saturated heterocycles. The molecule has 0 aliphatic rings. The van der Waals surface area contributed by atoms with Crippen molar-refractivity contribution in [2.24, 2.45) is 0 Å². The van der Waals surface area contributed by atoms with Gasteiger partial charge < -0.3 is 19.3 Å². The van der Waals surface area contributed by atoms with Gasteiger partial charge in [0.15, 0.2) is 5.60 Å². The topological polar surface area (TPSA) is 111 Å². The molecule has 0 saturated carbocycles. The number of amides is 1. The number of hydrogen-bond donors (Lipinski definition) is 2. The van der Waals surface area contributed by atoms with Crippen LogP contribution in [0.5, 0.6) is 0 Å². The van der Waals surface area contributed by atoms with Crippen molar-refractivity contribution in [3.8, 4) is 0 Å². The largest absolute Gasteiger partial charge is 0.469 e. The standard InChI is InChI=1S/C15H19NO7/c1-4-23-13(18)15(20,9-12(17)21-2)10-7-5-6-8-11(10)16-14(19)22-3/h5-8,20H,4,9H2,1-3H3,(H,16,19). The van der Waals surface area contributed by atoms with Gasteiger partial charge in [-0.15, -0.1) is 0 Å². The van der Waals surface area contributed by atoms with Crippen LogP contribution in [0.25, 0.3) is 0 Å². The van der Waals surface area contributed by atoms with E-state index in [1.54, 1.807) is 19.1 Å². The van der Waals surface area contributed by atoms with Gasteiger partial charge in [-0.05, 0) is 13.0 Å². The van der Waals surface area contributed by atoms with E-state index in [4.69, 9.17) is 4.74 Å². The minimum Gasteiger partial charge on any atom is -0.469 e. The Morgan fingerprint density at radius 3 is 2.39 bits per heavy atom. The number of carbonyl (C=O) groups is 3. The summed E-state index contributed by atoms with van der Waals surface area (Å²) in [6, 6.07) is 5.97. The summed E-state index contributed by atoms with van der Waals surface area (Å²) in [5.74, 6) is -1.84. The van der Waals surface area contributed by atoms with Gasteiger partial charge in [0.05, 0.1) is 32.9 Å². The summed E-state index contributed by atoms with van der Waals surface area (Å²) in [5.41, 5.74) is -2.20. The second kappa shape index (κ2) is 8.14. The van der Waals surface area contributed by atoms with Gasteiger partial charge in [0, 0.05) is 5.56 Å². The molecule has 0 aliphatic carbocycles. The zero-order chi connectivity index (χ0) is 17.5. The summed E-state index contributed by atoms with van der Waals surface area (Å²) in [7, 11) is 2.30. The molecule has 1 aromatic rings. The van der Waals surface area contributed by atoms with Gasteiger partial charge in [0.1, 0.15) is 0 Å². The van der Waals surface area contributed by atoms with E-state index in [9.17, 15) is 19.5 Å². The van der Waals surface area contributed by atoms with E-state index in [1.165, 1.54) is 19.2 Å². The zero-order valence-corrected chi connectivity index (χ0v) is 13.1. The molecule has 0 heterocycles. The first-order valence-corrected chi connectivity index (χ1v) is 6.80. The number of esters is 2. The number of carbonyl (C=O) groups excluding carboxylic acids is 3. The molecule has 0 fully saturated rings. The Morgan fingerprint density at radius 1 is 1.17 bits per heavy atom. The highest BCUT2D eigenvalue weighted by Crippen LogP contribution is 2.33. The molecule has 8 nitrogen and oxygen atoms in total. The Balaban J connectivity index is 3.33. The number of anilines is 1. The van der Waals surface area contributed by atoms with E-state index < -0.39 is 30.1 Å². The molecule has 1 unspecified atom stereocenters. The first-order valence-electron chi connectivity index (χ1n) is 6.80. The third-order valence-corrected chi connectivity index (χ3v) is 3.04. The summed E-state index contributed by atoms with van der Waals surface area (Å²) in [5, 5.41) is 13.2. The van der Waals surface area contributed by atoms with E-state index in [2.05, 4.69) is 14.8 Å². The fraction of sp³-hybridized carbons (Fsp3) is 0.400. The van der Waals surface area contributed by atoms with Crippen LogP contribution in [0.15, 0.2) is 24.3 Å². The number of para-hydroxylation sites is 1. The van der Waals surface area contributed by atoms with Gasteiger partial charge in [0.25, 0.3) is 0 Å². The fourth-order valence-corrected chi connectivity index (χ4v) is 1.92. The zero-order valence-electron chi connectivity index (χ0n) is 13.1. The molecule has 1 aromatic carbocycles. The van der Waals surface area contributed by atoms with Crippen molar-refractivity contribution in [1.29, 1.82) is 0 Å². The van der Waals surface area contributed by atoms with Crippen molar-refractivity contribution < 1.29 is 33.7 Å². The molecule has 0 spiro atoms. The Kier molecular flexibility index (Phi) is 6.52. The van der Waals surface area contributed by atoms with Crippen LogP contribution in [0.3, 0.4) is 0 Å². The van der Waals surface area contributed by atoms with E-state index in [-0.39, 0.29) is 17.9 Å². The summed E-state index contributed by atoms with van der Waals surface area (Å²) >= 11 is 0. The average molecular weight is 325 g/mol. The Bertz CT molecular complexity index is 587. The number of aliphatic hydroxyl groups is 1. The molecular formula is C15H19NO7. The van der Waals surface area contributed by atoms with Crippen LogP contribution >= 0.6 is 0 Å². The van der Waals surface area contributed by atoms with Crippen molar-refractivity contribution in [1.82, 2.24) is 0 Å². The van der Waals surface area contributed by atoms with E-state index in [0.717, 1.165) is 7.11 Å². The van der Waals surface area contributed by atoms with E-state index in [0.29, 0.717) is 0 Å². The van der Waals surface area contributed by atoms with Gasteiger partial charge in [-0.2, -0.15) is 0 Å². The predicted octanol–water partition coefficient (Wildman–Crippen LogP) is 1.18. The lowest BCUT2D eigenvalue weighted by molar-refractivity contribution is -0.172. The summed E-state index contributed by atoms with van der Waals surface area (Å²) in [4.78, 5) is 35.2. The number of hydrogen-bond acceptors (Lipinski definition) is 7. The number of nitrogens with one attached hydrogen (secondary N) is 1. The lowest BCUT2D eigenvalue weighted by Crippen LogP contribution is -2.40. The first kappa shape index (κ1) is 18.4. The lowest BCUT2D eigenvalue weighted by atomic mass is 9.89. The molecule has 0 radical (unpaired) electrons. The summed E-state index contributed by atoms with van der Waals surface area (Å²) in [6.07, 6.45) is -1.45. The van der Waals surface area contributed by atoms with Crippen molar-refractivity contribution in [2.45, 2.75) is 18.9 Å². The number of ether oxygens (including phenoxy) is 3. The van der Waals surface area contributed by atoms with E-state index >= 15 is 0 Å². The first-order chi connectivity index (χ1) is 10.9. The van der Waals surface area contributed by atoms with Crippen LogP contribution in [0.2, 0.25) is 0 Å². The number of benzene rings is 1. The van der Waals surface area contributed by atoms with Crippen molar-refractivity contribution in [2.75, 3.05) is 26.1 Å². The monoisotopic (exact) mass is 325 g/mol. The van der Waals surface area contributed by atoms with Gasteiger partial charge in [-0.3, -0.25) is 10.1 Å². The third-order valence-electron chi connectivity index (χ3n) is 3.04. The van der Waals surface area contributed by atoms with Crippen molar-refractivity contribution in [3.63, 3.8) is 0 Å². The summed E-state index contributed by atoms with van der Waals surface area (Å²) < 4.78 is 13.9. The molecule has 0 aromatic heterocycles. The third kappa shape index (κ3) is 4.43. The normalized spacial score (nSPS) is 12.7. The average Bonchev–Trinajstić information content (AvgIpc) is 2.55. The maximum atomic E-state index is 12.2. The molecular weight excluding hydrogens is 306 g/mol. The molecule has 1 amide bonds. The highest BCUT2D eigenvalue weighted by Gasteiger charge is 2.44. The predicted molar refractivity (Wildman–Crippen MR) is 79.6 cm³/mol. The Labute approximate surface area is 133 Å². The highest BCUT2D eigenvalue weighted by molar-refractivity contribution is 5.92. The van der Waals surface area contributed by atoms with E-state index in [1.807, 2.05) is 0 Å². The molecule has 23 heavy (non-hydrogen) atoms. The maximum absolute atomic E-state index is 12.2. The second-order valence-corrected chi connectivity index (χ2v) is 4.50. The van der Waals surface area contributed by atoms with Gasteiger partial charge in [-0.1, -0.05) is 18.2 Å². The van der Waals surface area contributed by atoms with Crippen LogP contribution in [0.1, 0.15) is 18.9 Å². The van der Waals surface area contributed by atoms with Gasteiger partial charge in [-0.25, -0.2) is 9.59 Å². The van der Waals surface area contributed by atoms with Crippen LogP contribution < -0.4 is 5.32 Å². The van der Waals surface area contributed by atoms with Gasteiger partial charge >= 0.3 is 18.0 Å². The molecule has 1 atom stereocenters. The molecule has 2 N–H and O–H groups in total. The number of methoxy groups -OCH3 is 2. The SMILES string of the molecule is CCOC(=O)C(O)(CC(=O)OC)c1ccccc1NC(=O)OC. The van der Waals surface area contributed by atoms with Gasteiger partial charge in [0.2, 0.25) is 0 Å². The summed E-state index contributed by atoms with van der Waals surface area (Å²) in [6.45, 7) is 1.57. The van der Waals surface area contributed by atoms with Crippen LogP contribution in [-0.2, 0) is 29.4 Å². The highest BCUT2D eigenvalue weighted by atomic mass is 16.6. The van der Waals surface area contributed by atoms with Crippen LogP contribution in [-0.4, -0.2) is 44.0 Å². The number of rotatable bonds is 6. The minimum absolute atomic E-state index is 0.00532. The molecule has 0 bridgehead atoms.